The molecule has 150 valence electrons. The molecule has 0 saturated heterocycles. The minimum Gasteiger partial charge on any atom is -0.497 e. The van der Waals surface area contributed by atoms with Gasteiger partial charge in [-0.1, -0.05) is 29.3 Å². The molecule has 0 aliphatic carbocycles. The van der Waals surface area contributed by atoms with Crippen LogP contribution in [-0.2, 0) is 6.61 Å². The molecule has 0 aliphatic rings. The summed E-state index contributed by atoms with van der Waals surface area (Å²) in [6, 6.07) is 16.7. The summed E-state index contributed by atoms with van der Waals surface area (Å²) < 4.78 is 17.6. The Labute approximate surface area is 193 Å². The fourth-order valence-electron chi connectivity index (χ4n) is 2.56. The molecule has 0 unspecified atom stereocenters. The molecule has 0 fully saturated rings. The van der Waals surface area contributed by atoms with Gasteiger partial charge in [0.25, 0.3) is 0 Å². The van der Waals surface area contributed by atoms with E-state index in [0.29, 0.717) is 28.2 Å². The Morgan fingerprint density at radius 3 is 2.38 bits per heavy atom. The maximum atomic E-state index is 6.23. The van der Waals surface area contributed by atoms with Crippen molar-refractivity contribution in [3.05, 3.63) is 79.3 Å². The molecule has 3 rings (SSSR count). The second kappa shape index (κ2) is 10.2. The lowest BCUT2D eigenvalue weighted by Crippen LogP contribution is -2.01. The van der Waals surface area contributed by atoms with Gasteiger partial charge in [-0.25, -0.2) is 0 Å². The summed E-state index contributed by atoms with van der Waals surface area (Å²) in [5.74, 6) is 2.07. The summed E-state index contributed by atoms with van der Waals surface area (Å²) >= 11 is 14.4. The molecular weight excluding hydrogens is 524 g/mol. The van der Waals surface area contributed by atoms with E-state index in [9.17, 15) is 0 Å². The second-order valence-corrected chi connectivity index (χ2v) is 8.02. The van der Waals surface area contributed by atoms with Crippen molar-refractivity contribution in [1.29, 1.82) is 0 Å². The van der Waals surface area contributed by atoms with E-state index in [1.54, 1.807) is 32.6 Å². The van der Waals surface area contributed by atoms with E-state index in [-0.39, 0.29) is 0 Å². The third-order valence-corrected chi connectivity index (χ3v) is 5.46. The first-order valence-corrected chi connectivity index (χ1v) is 10.5. The largest absolute Gasteiger partial charge is 0.497 e. The van der Waals surface area contributed by atoms with Crippen molar-refractivity contribution < 1.29 is 14.2 Å². The van der Waals surface area contributed by atoms with Crippen LogP contribution in [0.2, 0.25) is 10.0 Å². The topological polar surface area (TPSA) is 40.0 Å². The van der Waals surface area contributed by atoms with Crippen molar-refractivity contribution in [3.8, 4) is 17.2 Å². The van der Waals surface area contributed by atoms with E-state index >= 15 is 0 Å². The van der Waals surface area contributed by atoms with Gasteiger partial charge in [-0.2, -0.15) is 0 Å². The Hall–Kier alpha value is -1.96. The minimum atomic E-state index is 0.307. The van der Waals surface area contributed by atoms with Crippen LogP contribution in [0.15, 0.2) is 59.6 Å². The molecule has 29 heavy (non-hydrogen) atoms. The van der Waals surface area contributed by atoms with Crippen LogP contribution < -0.4 is 14.2 Å². The molecule has 3 aromatic rings. The molecule has 0 saturated carbocycles. The van der Waals surface area contributed by atoms with Crippen molar-refractivity contribution in [2.75, 3.05) is 14.2 Å². The predicted octanol–water partition coefficient (Wildman–Crippen LogP) is 6.94. The Morgan fingerprint density at radius 2 is 1.72 bits per heavy atom. The van der Waals surface area contributed by atoms with E-state index in [4.69, 9.17) is 37.4 Å². The van der Waals surface area contributed by atoms with E-state index in [0.717, 1.165) is 26.1 Å². The van der Waals surface area contributed by atoms with Gasteiger partial charge in [0.1, 0.15) is 12.4 Å². The fraction of sp³-hybridized carbons (Fsp3) is 0.136. The lowest BCUT2D eigenvalue weighted by Gasteiger charge is -2.14. The smallest absolute Gasteiger partial charge is 0.174 e. The highest BCUT2D eigenvalue weighted by molar-refractivity contribution is 14.1. The molecule has 0 N–H and O–H groups in total. The molecule has 0 heterocycles. The van der Waals surface area contributed by atoms with Crippen molar-refractivity contribution in [2.24, 2.45) is 4.99 Å². The number of benzene rings is 3. The van der Waals surface area contributed by atoms with Crippen LogP contribution in [0.4, 0.5) is 5.69 Å². The van der Waals surface area contributed by atoms with Gasteiger partial charge in [0.2, 0.25) is 0 Å². The van der Waals surface area contributed by atoms with Crippen LogP contribution in [0.3, 0.4) is 0 Å². The summed E-state index contributed by atoms with van der Waals surface area (Å²) in [5, 5.41) is 1.15. The van der Waals surface area contributed by atoms with Gasteiger partial charge >= 0.3 is 0 Å². The van der Waals surface area contributed by atoms with Crippen LogP contribution in [-0.4, -0.2) is 20.4 Å². The average Bonchev–Trinajstić information content (AvgIpc) is 2.72. The average molecular weight is 542 g/mol. The Bertz CT molecular complexity index is 1020. The van der Waals surface area contributed by atoms with Crippen LogP contribution >= 0.6 is 45.8 Å². The standard InChI is InChI=1S/C22H18Cl2INO3/c1-27-18-7-5-17(6-8-18)26-12-14-9-20(25)22(21(10-14)28-2)29-13-15-3-4-16(23)11-19(15)24/h3-12H,13H2,1-2H3. The molecule has 3 aromatic carbocycles. The van der Waals surface area contributed by atoms with Crippen molar-refractivity contribution in [3.63, 3.8) is 0 Å². The van der Waals surface area contributed by atoms with Gasteiger partial charge in [0, 0.05) is 21.8 Å². The van der Waals surface area contributed by atoms with Gasteiger partial charge in [0.15, 0.2) is 11.5 Å². The highest BCUT2D eigenvalue weighted by Crippen LogP contribution is 2.35. The summed E-state index contributed by atoms with van der Waals surface area (Å²) in [6.45, 7) is 0.307. The number of aliphatic imine (C=N–C) groups is 1. The quantitative estimate of drug-likeness (QED) is 0.240. The van der Waals surface area contributed by atoms with E-state index < -0.39 is 0 Å². The van der Waals surface area contributed by atoms with Crippen LogP contribution in [0, 0.1) is 3.57 Å². The highest BCUT2D eigenvalue weighted by Gasteiger charge is 2.12. The number of halogens is 3. The number of nitrogens with zero attached hydrogens (tertiary/aromatic N) is 1. The molecule has 0 radical (unpaired) electrons. The maximum Gasteiger partial charge on any atom is 0.174 e. The number of hydrogen-bond donors (Lipinski definition) is 0. The summed E-state index contributed by atoms with van der Waals surface area (Å²) in [5.41, 5.74) is 2.58. The maximum absolute atomic E-state index is 6.23. The predicted molar refractivity (Wildman–Crippen MR) is 127 cm³/mol. The zero-order valence-corrected chi connectivity index (χ0v) is 19.5. The van der Waals surface area contributed by atoms with Gasteiger partial charge in [0.05, 0.1) is 23.5 Å². The molecular formula is C22H18Cl2INO3. The molecule has 0 spiro atoms. The second-order valence-electron chi connectivity index (χ2n) is 6.01. The number of rotatable bonds is 7. The molecule has 0 atom stereocenters. The van der Waals surface area contributed by atoms with E-state index in [1.807, 2.05) is 42.5 Å². The van der Waals surface area contributed by atoms with Gasteiger partial charge in [-0.05, 0) is 76.7 Å². The first-order chi connectivity index (χ1) is 14.0. The summed E-state index contributed by atoms with van der Waals surface area (Å²) in [4.78, 5) is 4.50. The SMILES string of the molecule is COc1ccc(N=Cc2cc(I)c(OCc3ccc(Cl)cc3Cl)c(OC)c2)cc1. The van der Waals surface area contributed by atoms with Gasteiger partial charge in [-0.15, -0.1) is 0 Å². The van der Waals surface area contributed by atoms with Crippen LogP contribution in [0.1, 0.15) is 11.1 Å². The Kier molecular flexibility index (Phi) is 7.64. The lowest BCUT2D eigenvalue weighted by molar-refractivity contribution is 0.282. The lowest BCUT2D eigenvalue weighted by atomic mass is 10.2. The van der Waals surface area contributed by atoms with Crippen molar-refractivity contribution >= 4 is 57.7 Å². The number of ether oxygens (including phenoxy) is 3. The zero-order valence-electron chi connectivity index (χ0n) is 15.8. The Balaban J connectivity index is 1.78. The first-order valence-electron chi connectivity index (χ1n) is 8.62. The molecule has 0 aromatic heterocycles. The summed E-state index contributed by atoms with van der Waals surface area (Å²) in [6.07, 6.45) is 1.78. The first kappa shape index (κ1) is 21.7. The zero-order chi connectivity index (χ0) is 20.8. The van der Waals surface area contributed by atoms with Crippen LogP contribution in [0.5, 0.6) is 17.2 Å². The molecule has 7 heteroatoms. The normalized spacial score (nSPS) is 10.9. The van der Waals surface area contributed by atoms with Crippen LogP contribution in [0.25, 0.3) is 0 Å². The highest BCUT2D eigenvalue weighted by atomic mass is 127. The Morgan fingerprint density at radius 1 is 0.966 bits per heavy atom. The van der Waals surface area contributed by atoms with E-state index in [1.165, 1.54) is 0 Å². The van der Waals surface area contributed by atoms with E-state index in [2.05, 4.69) is 27.6 Å². The number of methoxy groups -OCH3 is 2. The third kappa shape index (κ3) is 5.78. The molecule has 0 amide bonds. The van der Waals surface area contributed by atoms with Gasteiger partial charge < -0.3 is 14.2 Å². The third-order valence-electron chi connectivity index (χ3n) is 4.07. The van der Waals surface area contributed by atoms with Crippen molar-refractivity contribution in [1.82, 2.24) is 0 Å². The monoisotopic (exact) mass is 541 g/mol. The van der Waals surface area contributed by atoms with Crippen molar-refractivity contribution in [2.45, 2.75) is 6.61 Å². The van der Waals surface area contributed by atoms with Gasteiger partial charge in [-0.3, -0.25) is 4.99 Å². The molecule has 4 nitrogen and oxygen atoms in total. The molecule has 0 bridgehead atoms. The minimum absolute atomic E-state index is 0.307. The fourth-order valence-corrected chi connectivity index (χ4v) is 3.80. The number of hydrogen-bond acceptors (Lipinski definition) is 4. The molecule has 0 aliphatic heterocycles. The summed E-state index contributed by atoms with van der Waals surface area (Å²) in [7, 11) is 3.24.